The lowest BCUT2D eigenvalue weighted by atomic mass is 10.0. The predicted octanol–water partition coefficient (Wildman–Crippen LogP) is 4.10. The van der Waals surface area contributed by atoms with Gasteiger partial charge in [-0.05, 0) is 42.0 Å². The number of nitrogens with zero attached hydrogens (tertiary/aromatic N) is 1. The summed E-state index contributed by atoms with van der Waals surface area (Å²) in [5.41, 5.74) is 0.263. The Labute approximate surface area is 168 Å². The van der Waals surface area contributed by atoms with Gasteiger partial charge in [0.2, 0.25) is 5.91 Å². The number of hydrogen-bond acceptors (Lipinski definition) is 3. The molecule has 0 fully saturated rings. The van der Waals surface area contributed by atoms with Crippen LogP contribution in [0, 0.1) is 17.6 Å². The van der Waals surface area contributed by atoms with Crippen LogP contribution in [0.3, 0.4) is 0 Å². The molecule has 1 atom stereocenters. The van der Waals surface area contributed by atoms with Crippen molar-refractivity contribution >= 4 is 23.6 Å². The van der Waals surface area contributed by atoms with Gasteiger partial charge in [-0.2, -0.15) is 0 Å². The maximum Gasteiger partial charge on any atom is 0.257 e. The minimum Gasteiger partial charge on any atom is -0.340 e. The highest BCUT2D eigenvalue weighted by Gasteiger charge is 2.29. The van der Waals surface area contributed by atoms with Gasteiger partial charge in [0.1, 0.15) is 23.2 Å². The summed E-state index contributed by atoms with van der Waals surface area (Å²) in [6, 6.07) is 10.1. The number of amides is 2. The van der Waals surface area contributed by atoms with Gasteiger partial charge in [0.05, 0.1) is 0 Å². The maximum atomic E-state index is 13.9. The van der Waals surface area contributed by atoms with E-state index in [1.807, 2.05) is 30.5 Å². The van der Waals surface area contributed by atoms with E-state index in [2.05, 4.69) is 5.32 Å². The molecule has 0 saturated heterocycles. The standard InChI is InChI=1S/C21H24F2N2O2S/c1-13(2)19(24-20(26)18-16(22)6-5-7-17(18)23)21(27)25(3)12-14-8-10-15(28-4)11-9-14/h5-11,13,19H,12H2,1-4H3,(H,24,26). The number of nitrogens with one attached hydrogen (secondary N) is 1. The third kappa shape index (κ3) is 5.32. The van der Waals surface area contributed by atoms with Crippen LogP contribution in [0.15, 0.2) is 47.4 Å². The molecule has 150 valence electrons. The molecule has 0 saturated carbocycles. The van der Waals surface area contributed by atoms with Crippen molar-refractivity contribution in [2.24, 2.45) is 5.92 Å². The SMILES string of the molecule is CSc1ccc(CN(C)C(=O)C(NC(=O)c2c(F)cccc2F)C(C)C)cc1. The molecule has 28 heavy (non-hydrogen) atoms. The second-order valence-corrected chi connectivity index (χ2v) is 7.71. The van der Waals surface area contributed by atoms with E-state index in [0.717, 1.165) is 22.6 Å². The Hall–Kier alpha value is -2.41. The Balaban J connectivity index is 2.13. The van der Waals surface area contributed by atoms with E-state index in [4.69, 9.17) is 0 Å². The average molecular weight is 406 g/mol. The number of halogens is 2. The van der Waals surface area contributed by atoms with Crippen molar-refractivity contribution < 1.29 is 18.4 Å². The molecule has 2 aromatic rings. The van der Waals surface area contributed by atoms with Gasteiger partial charge in [0, 0.05) is 18.5 Å². The Bertz CT molecular complexity index is 821. The van der Waals surface area contributed by atoms with Gasteiger partial charge in [-0.25, -0.2) is 8.78 Å². The number of thioether (sulfide) groups is 1. The van der Waals surface area contributed by atoms with Crippen LogP contribution in [0.1, 0.15) is 29.8 Å². The lowest BCUT2D eigenvalue weighted by molar-refractivity contribution is -0.133. The Kier molecular flexibility index (Phi) is 7.57. The second kappa shape index (κ2) is 9.68. The summed E-state index contributed by atoms with van der Waals surface area (Å²) in [6.45, 7) is 3.89. The highest BCUT2D eigenvalue weighted by atomic mass is 32.2. The Morgan fingerprint density at radius 2 is 1.64 bits per heavy atom. The zero-order valence-electron chi connectivity index (χ0n) is 16.3. The molecular weight excluding hydrogens is 382 g/mol. The van der Waals surface area contributed by atoms with Crippen LogP contribution in [0.25, 0.3) is 0 Å². The summed E-state index contributed by atoms with van der Waals surface area (Å²) in [5, 5.41) is 2.49. The molecule has 1 N–H and O–H groups in total. The molecule has 4 nitrogen and oxygen atoms in total. The predicted molar refractivity (Wildman–Crippen MR) is 107 cm³/mol. The maximum absolute atomic E-state index is 13.9. The smallest absolute Gasteiger partial charge is 0.257 e. The lowest BCUT2D eigenvalue weighted by Gasteiger charge is -2.27. The average Bonchev–Trinajstić information content (AvgIpc) is 2.65. The Morgan fingerprint density at radius 1 is 1.07 bits per heavy atom. The number of hydrogen-bond donors (Lipinski definition) is 1. The van der Waals surface area contributed by atoms with Gasteiger partial charge >= 0.3 is 0 Å². The van der Waals surface area contributed by atoms with Gasteiger partial charge in [-0.3, -0.25) is 9.59 Å². The van der Waals surface area contributed by atoms with Gasteiger partial charge < -0.3 is 10.2 Å². The molecule has 0 bridgehead atoms. The first-order valence-corrected chi connectivity index (χ1v) is 10.1. The Morgan fingerprint density at radius 3 is 2.14 bits per heavy atom. The third-order valence-corrected chi connectivity index (χ3v) is 5.11. The molecule has 0 radical (unpaired) electrons. The van der Waals surface area contributed by atoms with E-state index < -0.39 is 29.1 Å². The van der Waals surface area contributed by atoms with Crippen LogP contribution in [-0.4, -0.2) is 36.1 Å². The quantitative estimate of drug-likeness (QED) is 0.705. The van der Waals surface area contributed by atoms with Crippen LogP contribution >= 0.6 is 11.8 Å². The van der Waals surface area contributed by atoms with E-state index in [-0.39, 0.29) is 11.8 Å². The van der Waals surface area contributed by atoms with E-state index in [1.54, 1.807) is 32.7 Å². The number of carbonyl (C=O) groups excluding carboxylic acids is 2. The summed E-state index contributed by atoms with van der Waals surface area (Å²) in [7, 11) is 1.63. The van der Waals surface area contributed by atoms with E-state index >= 15 is 0 Å². The number of rotatable bonds is 7. The van der Waals surface area contributed by atoms with Crippen molar-refractivity contribution in [1.82, 2.24) is 10.2 Å². The summed E-state index contributed by atoms with van der Waals surface area (Å²) >= 11 is 1.63. The second-order valence-electron chi connectivity index (χ2n) is 6.83. The highest BCUT2D eigenvalue weighted by molar-refractivity contribution is 7.98. The fourth-order valence-electron chi connectivity index (χ4n) is 2.76. The molecule has 7 heteroatoms. The summed E-state index contributed by atoms with van der Waals surface area (Å²) < 4.78 is 27.7. The highest BCUT2D eigenvalue weighted by Crippen LogP contribution is 2.17. The molecule has 0 spiro atoms. The normalized spacial score (nSPS) is 12.0. The molecule has 2 amide bonds. The molecule has 0 aliphatic carbocycles. The summed E-state index contributed by atoms with van der Waals surface area (Å²) in [4.78, 5) is 27.9. The zero-order chi connectivity index (χ0) is 20.8. The summed E-state index contributed by atoms with van der Waals surface area (Å²) in [6.07, 6.45) is 1.99. The van der Waals surface area contributed by atoms with Crippen LogP contribution in [0.2, 0.25) is 0 Å². The van der Waals surface area contributed by atoms with Crippen molar-refractivity contribution in [2.45, 2.75) is 31.3 Å². The number of benzene rings is 2. The van der Waals surface area contributed by atoms with Crippen molar-refractivity contribution in [3.05, 3.63) is 65.2 Å². The van der Waals surface area contributed by atoms with Crippen LogP contribution < -0.4 is 5.32 Å². The zero-order valence-corrected chi connectivity index (χ0v) is 17.1. The fourth-order valence-corrected chi connectivity index (χ4v) is 3.17. The first-order valence-electron chi connectivity index (χ1n) is 8.87. The van der Waals surface area contributed by atoms with E-state index in [9.17, 15) is 18.4 Å². The molecule has 0 aromatic heterocycles. The van der Waals surface area contributed by atoms with Crippen molar-refractivity contribution in [3.63, 3.8) is 0 Å². The third-order valence-electron chi connectivity index (χ3n) is 4.36. The minimum absolute atomic E-state index is 0.257. The van der Waals surface area contributed by atoms with Crippen molar-refractivity contribution in [3.8, 4) is 0 Å². The molecular formula is C21H24F2N2O2S. The first kappa shape index (κ1) is 21.9. The monoisotopic (exact) mass is 406 g/mol. The topological polar surface area (TPSA) is 49.4 Å². The molecule has 2 rings (SSSR count). The van der Waals surface area contributed by atoms with Gasteiger partial charge in [0.25, 0.3) is 5.91 Å². The molecule has 0 aliphatic rings. The van der Waals surface area contributed by atoms with Crippen molar-refractivity contribution in [2.75, 3.05) is 13.3 Å². The molecule has 2 aromatic carbocycles. The van der Waals surface area contributed by atoms with Crippen LogP contribution in [0.4, 0.5) is 8.78 Å². The fraction of sp³-hybridized carbons (Fsp3) is 0.333. The lowest BCUT2D eigenvalue weighted by Crippen LogP contribution is -2.50. The van der Waals surface area contributed by atoms with Gasteiger partial charge in [-0.15, -0.1) is 11.8 Å². The largest absolute Gasteiger partial charge is 0.340 e. The van der Waals surface area contributed by atoms with Gasteiger partial charge in [0.15, 0.2) is 0 Å². The summed E-state index contributed by atoms with van der Waals surface area (Å²) in [5.74, 6) is -3.45. The molecule has 1 unspecified atom stereocenters. The number of likely N-dealkylation sites (N-methyl/N-ethyl adjacent to an activating group) is 1. The van der Waals surface area contributed by atoms with Crippen LogP contribution in [0.5, 0.6) is 0 Å². The first-order chi connectivity index (χ1) is 13.2. The van der Waals surface area contributed by atoms with Gasteiger partial charge in [-0.1, -0.05) is 32.0 Å². The molecule has 0 aliphatic heterocycles. The molecule has 0 heterocycles. The minimum atomic E-state index is -0.963. The van der Waals surface area contributed by atoms with Crippen molar-refractivity contribution in [1.29, 1.82) is 0 Å². The van der Waals surface area contributed by atoms with Crippen LogP contribution in [-0.2, 0) is 11.3 Å². The van der Waals surface area contributed by atoms with E-state index in [1.165, 1.54) is 11.0 Å². The van der Waals surface area contributed by atoms with E-state index in [0.29, 0.717) is 6.54 Å². The number of carbonyl (C=O) groups is 2.